The van der Waals surface area contributed by atoms with Crippen molar-refractivity contribution in [3.63, 3.8) is 0 Å². The number of nitrogens with one attached hydrogen (secondary N) is 2. The molecule has 0 aliphatic carbocycles. The summed E-state index contributed by atoms with van der Waals surface area (Å²) in [5.74, 6) is -1.37. The largest absolute Gasteiger partial charge is 0.489 e. The summed E-state index contributed by atoms with van der Waals surface area (Å²) in [7, 11) is 1.56. The molecule has 1 aromatic heterocycles. The van der Waals surface area contributed by atoms with E-state index in [4.69, 9.17) is 42.1 Å². The zero-order valence-corrected chi connectivity index (χ0v) is 27.3. The fourth-order valence-corrected chi connectivity index (χ4v) is 6.56. The summed E-state index contributed by atoms with van der Waals surface area (Å²) in [6, 6.07) is 8.81. The van der Waals surface area contributed by atoms with Crippen LogP contribution in [0, 0.1) is 0 Å². The van der Waals surface area contributed by atoms with Gasteiger partial charge in [-0.05, 0) is 48.0 Å². The molecular formula is C31H30Cl2N4O9S. The van der Waals surface area contributed by atoms with E-state index in [2.05, 4.69) is 15.3 Å². The highest BCUT2D eigenvalue weighted by Crippen LogP contribution is 2.40. The molecule has 0 radical (unpaired) electrons. The number of hydrogen-bond acceptors (Lipinski definition) is 10. The van der Waals surface area contributed by atoms with Crippen molar-refractivity contribution in [2.75, 3.05) is 52.5 Å². The number of methoxy groups -OCH3 is 1. The van der Waals surface area contributed by atoms with E-state index in [1.54, 1.807) is 49.6 Å². The quantitative estimate of drug-likeness (QED) is 0.157. The molecule has 2 aromatic carbocycles. The maximum absolute atomic E-state index is 12.9. The molecular weight excluding hydrogens is 675 g/mol. The highest BCUT2D eigenvalue weighted by Gasteiger charge is 2.53. The van der Waals surface area contributed by atoms with Gasteiger partial charge in [-0.2, -0.15) is 0 Å². The number of fused-ring (bicyclic) bond motifs is 2. The summed E-state index contributed by atoms with van der Waals surface area (Å²) in [6.45, 7) is 1.11. The van der Waals surface area contributed by atoms with Crippen LogP contribution in [0.2, 0.25) is 10.0 Å². The number of aliphatic carboxylic acids is 1. The maximum atomic E-state index is 12.9. The van der Waals surface area contributed by atoms with Crippen LogP contribution in [0.15, 0.2) is 64.6 Å². The van der Waals surface area contributed by atoms with Crippen molar-refractivity contribution in [3.8, 4) is 17.1 Å². The molecule has 0 spiro atoms. The van der Waals surface area contributed by atoms with Gasteiger partial charge in [0, 0.05) is 22.9 Å². The molecule has 16 heteroatoms. The Morgan fingerprint density at radius 3 is 2.64 bits per heavy atom. The molecule has 248 valence electrons. The number of carbonyl (C=O) groups is 3. The molecule has 47 heavy (non-hydrogen) atoms. The molecule has 2 amide bonds. The maximum Gasteiger partial charge on any atom is 0.352 e. The van der Waals surface area contributed by atoms with Gasteiger partial charge in [-0.15, -0.1) is 11.8 Å². The third-order valence-corrected chi connectivity index (χ3v) is 8.84. The van der Waals surface area contributed by atoms with E-state index in [1.807, 2.05) is 0 Å². The SMILES string of the molecule is COCCOCCOCC(=O)N[C@@H]1C(=O)N2C(C(=O)O)=C(/C=C/COc3ccc(Cl)cc3-c3nc4ccc(Cl)cc4c(=O)[nH]3)CSC12. The second kappa shape index (κ2) is 15.8. The number of thioether (sulfide) groups is 1. The molecule has 5 rings (SSSR count). The Bertz CT molecular complexity index is 1800. The first kappa shape index (κ1) is 34.4. The lowest BCUT2D eigenvalue weighted by Gasteiger charge is -2.49. The molecule has 3 aromatic rings. The van der Waals surface area contributed by atoms with E-state index < -0.39 is 29.2 Å². The lowest BCUT2D eigenvalue weighted by Crippen LogP contribution is -2.70. The van der Waals surface area contributed by atoms with E-state index in [0.29, 0.717) is 57.7 Å². The average molecular weight is 706 g/mol. The molecule has 1 fully saturated rings. The van der Waals surface area contributed by atoms with Gasteiger partial charge in [0.25, 0.3) is 11.5 Å². The first-order valence-electron chi connectivity index (χ1n) is 14.3. The fourth-order valence-electron chi connectivity index (χ4n) is 4.89. The van der Waals surface area contributed by atoms with Gasteiger partial charge in [-0.1, -0.05) is 29.3 Å². The number of H-pyrrole nitrogens is 1. The van der Waals surface area contributed by atoms with Gasteiger partial charge < -0.3 is 34.4 Å². The number of aromatic amines is 1. The second-order valence-corrected chi connectivity index (χ2v) is 12.2. The Kier molecular flexibility index (Phi) is 11.6. The fraction of sp³-hybridized carbons (Fsp3) is 0.323. The standard InChI is InChI=1S/C31H30Cl2N4O9S/c1-43-9-10-44-11-12-45-15-24(38)35-25-29(40)37-26(31(41)42)17(16-47-30(25)37)3-2-8-46-23-7-5-19(33)14-21(23)27-34-22-6-4-18(32)13-20(22)28(39)36-27/h2-7,13-14,25,30H,8-12,15-16H2,1H3,(H,35,38)(H,41,42)(H,34,36,39)/b3-2+/t25-,30?/m1/s1. The van der Waals surface area contributed by atoms with Gasteiger partial charge >= 0.3 is 5.97 Å². The van der Waals surface area contributed by atoms with E-state index >= 15 is 0 Å². The molecule has 1 unspecified atom stereocenters. The minimum atomic E-state index is -1.27. The van der Waals surface area contributed by atoms with Gasteiger partial charge in [0.05, 0.1) is 42.9 Å². The third kappa shape index (κ3) is 8.15. The number of hydrogen-bond donors (Lipinski definition) is 3. The van der Waals surface area contributed by atoms with Crippen LogP contribution in [0.4, 0.5) is 0 Å². The molecule has 3 N–H and O–H groups in total. The predicted octanol–water partition coefficient (Wildman–Crippen LogP) is 3.25. The van der Waals surface area contributed by atoms with Gasteiger partial charge in [0.1, 0.15) is 41.9 Å². The molecule has 1 saturated heterocycles. The minimum Gasteiger partial charge on any atom is -0.489 e. The zero-order valence-electron chi connectivity index (χ0n) is 25.0. The van der Waals surface area contributed by atoms with Crippen LogP contribution in [0.1, 0.15) is 0 Å². The molecule has 13 nitrogen and oxygen atoms in total. The van der Waals surface area contributed by atoms with E-state index in [0.717, 1.165) is 0 Å². The van der Waals surface area contributed by atoms with Crippen molar-refractivity contribution < 1.29 is 38.4 Å². The normalized spacial score (nSPS) is 17.6. The van der Waals surface area contributed by atoms with Crippen LogP contribution in [0.25, 0.3) is 22.3 Å². The minimum absolute atomic E-state index is 0.0244. The summed E-state index contributed by atoms with van der Waals surface area (Å²) in [6.07, 6.45) is 3.21. The Morgan fingerprint density at radius 1 is 1.11 bits per heavy atom. The lowest BCUT2D eigenvalue weighted by molar-refractivity contribution is -0.151. The molecule has 2 aliphatic rings. The summed E-state index contributed by atoms with van der Waals surface area (Å²) < 4.78 is 21.4. The number of allylic oxidation sites excluding steroid dienone is 1. The topological polar surface area (TPSA) is 169 Å². The molecule has 2 aliphatic heterocycles. The van der Waals surface area contributed by atoms with E-state index in [1.165, 1.54) is 22.7 Å². The summed E-state index contributed by atoms with van der Waals surface area (Å²) in [5.41, 5.74) is 0.759. The average Bonchev–Trinajstić information content (AvgIpc) is 3.05. The number of carboxylic acid groups (broad SMARTS) is 1. The number of carbonyl (C=O) groups excluding carboxylic acids is 2. The van der Waals surface area contributed by atoms with Gasteiger partial charge in [0.15, 0.2) is 0 Å². The molecule has 0 saturated carbocycles. The van der Waals surface area contributed by atoms with Crippen molar-refractivity contribution in [1.29, 1.82) is 0 Å². The van der Waals surface area contributed by atoms with Gasteiger partial charge in [0.2, 0.25) is 5.91 Å². The van der Waals surface area contributed by atoms with Gasteiger partial charge in [-0.3, -0.25) is 19.3 Å². The summed E-state index contributed by atoms with van der Waals surface area (Å²) in [5, 5.41) is 13.2. The van der Waals surface area contributed by atoms with Crippen molar-refractivity contribution in [1.82, 2.24) is 20.2 Å². The Balaban J connectivity index is 1.21. The van der Waals surface area contributed by atoms with Crippen LogP contribution in [-0.2, 0) is 28.6 Å². The van der Waals surface area contributed by atoms with E-state index in [9.17, 15) is 24.3 Å². The van der Waals surface area contributed by atoms with Crippen LogP contribution in [-0.4, -0.2) is 102 Å². The number of nitrogens with zero attached hydrogens (tertiary/aromatic N) is 2. The molecule has 0 bridgehead atoms. The van der Waals surface area contributed by atoms with Crippen molar-refractivity contribution in [2.24, 2.45) is 0 Å². The number of halogens is 2. The van der Waals surface area contributed by atoms with Crippen LogP contribution in [0.5, 0.6) is 5.75 Å². The van der Waals surface area contributed by atoms with Crippen molar-refractivity contribution in [3.05, 3.63) is 80.2 Å². The highest BCUT2D eigenvalue weighted by atomic mass is 35.5. The third-order valence-electron chi connectivity index (χ3n) is 7.07. The van der Waals surface area contributed by atoms with Gasteiger partial charge in [-0.25, -0.2) is 9.78 Å². The number of aromatic nitrogens is 2. The number of ether oxygens (including phenoxy) is 4. The predicted molar refractivity (Wildman–Crippen MR) is 176 cm³/mol. The number of amides is 2. The number of rotatable bonds is 15. The zero-order chi connectivity index (χ0) is 33.5. The van der Waals surface area contributed by atoms with Crippen LogP contribution < -0.4 is 15.6 Å². The molecule has 3 heterocycles. The lowest BCUT2D eigenvalue weighted by atomic mass is 10.0. The number of benzene rings is 2. The van der Waals surface area contributed by atoms with E-state index in [-0.39, 0.29) is 42.7 Å². The second-order valence-electron chi connectivity index (χ2n) is 10.2. The first-order chi connectivity index (χ1) is 22.7. The van der Waals surface area contributed by atoms with Crippen LogP contribution in [0.3, 0.4) is 0 Å². The number of β-lactam (4-membered cyclic amide) rings is 1. The number of carboxylic acids is 1. The summed E-state index contributed by atoms with van der Waals surface area (Å²) >= 11 is 13.6. The first-order valence-corrected chi connectivity index (χ1v) is 16.1. The van der Waals surface area contributed by atoms with Crippen LogP contribution >= 0.6 is 35.0 Å². The Hall–Kier alpha value is -3.92. The Morgan fingerprint density at radius 2 is 1.85 bits per heavy atom. The Labute approximate surface area is 282 Å². The van der Waals surface area contributed by atoms with Crippen molar-refractivity contribution >= 4 is 63.7 Å². The molecule has 2 atom stereocenters. The smallest absolute Gasteiger partial charge is 0.352 e. The monoisotopic (exact) mass is 704 g/mol. The summed E-state index contributed by atoms with van der Waals surface area (Å²) in [4.78, 5) is 58.7. The van der Waals surface area contributed by atoms with Crippen molar-refractivity contribution in [2.45, 2.75) is 11.4 Å². The highest BCUT2D eigenvalue weighted by molar-refractivity contribution is 8.00.